The molecule has 0 aromatic carbocycles. The highest BCUT2D eigenvalue weighted by Gasteiger charge is -0.868. The van der Waals surface area contributed by atoms with Crippen molar-refractivity contribution in [1.82, 2.24) is 0 Å². The average Bonchev–Trinajstić information content (AvgIpc) is 0. The van der Waals surface area contributed by atoms with Gasteiger partial charge in [-0.3, -0.25) is 0 Å². The minimum atomic E-state index is 0. The normalized spacial score (nSPS) is 0. The quantitative estimate of drug-likeness (QED) is 0.306. The topological polar surface area (TPSA) is 90.0 Å². The number of hydrogen-bond donors (Lipinski definition) is 0. The maximum absolute atomic E-state index is 0. The van der Waals surface area contributed by atoms with Crippen LogP contribution in [-0.2, 0) is 0 Å². The molecule has 0 unspecified atom stereocenters. The summed E-state index contributed by atoms with van der Waals surface area (Å²) in [6.45, 7) is 0. The molecule has 4 heteroatoms. The zero-order valence-corrected chi connectivity index (χ0v) is 2.48. The molecule has 0 fully saturated rings. The lowest BCUT2D eigenvalue weighted by Crippen LogP contribution is -3.00. The van der Waals surface area contributed by atoms with Gasteiger partial charge in [0.05, 0.1) is 0 Å². The molecule has 0 rings (SSSR count). The molecule has 0 aliphatic rings. The molecule has 0 amide bonds. The molecule has 0 aromatic heterocycles. The van der Waals surface area contributed by atoms with Crippen LogP contribution in [0.25, 0.3) is 0 Å². The van der Waals surface area contributed by atoms with Crippen molar-refractivity contribution in [3.8, 4) is 0 Å². The number of hydrogen-bond acceptors (Lipinski definition) is 3. The van der Waals surface area contributed by atoms with Crippen LogP contribution < -0.4 is 12.4 Å². The van der Waals surface area contributed by atoms with E-state index >= 15 is 0 Å². The van der Waals surface area contributed by atoms with Gasteiger partial charge >= 0.3 is 0 Å². The minimum absolute atomic E-state index is 0. The Morgan fingerprint density at radius 1 is 0.500 bits per heavy atom. The van der Waals surface area contributed by atoms with Crippen LogP contribution in [-0.4, -0.2) is 16.4 Å². The molecule has 32 valence electrons. The van der Waals surface area contributed by atoms with Crippen LogP contribution in [0.2, 0.25) is 0 Å². The van der Waals surface area contributed by atoms with Gasteiger partial charge in [-0.15, -0.1) is 0 Å². The van der Waals surface area contributed by atoms with Crippen molar-refractivity contribution in [2.24, 2.45) is 0 Å². The molecular formula is H3ClO3-4. The highest BCUT2D eigenvalue weighted by atomic mass is 35.5. The van der Waals surface area contributed by atoms with Gasteiger partial charge in [0, 0.05) is 0 Å². The van der Waals surface area contributed by atoms with Gasteiger partial charge in [-0.25, -0.2) is 0 Å². The van der Waals surface area contributed by atoms with Crippen LogP contribution in [0.3, 0.4) is 0 Å². The maximum atomic E-state index is 0. The van der Waals surface area contributed by atoms with Gasteiger partial charge < -0.3 is 28.8 Å². The fraction of sp³-hybridized carbons (Fsp3) is 0. The molecule has 0 saturated heterocycles. The third-order valence-electron chi connectivity index (χ3n) is 0. The molecule has 0 aliphatic carbocycles. The van der Waals surface area contributed by atoms with E-state index in [1.54, 1.807) is 0 Å². The minimum Gasteiger partial charge on any atom is -1.00 e. The fourth-order valence-corrected chi connectivity index (χ4v) is 0. The first-order valence-electron chi connectivity index (χ1n) is 0. The van der Waals surface area contributed by atoms with Crippen molar-refractivity contribution < 1.29 is 28.8 Å². The lowest BCUT2D eigenvalue weighted by atomic mass is 16.0. The molecular weight excluding hydrogens is 83.5 g/mol. The molecule has 3 N–H and O–H groups in total. The van der Waals surface area contributed by atoms with E-state index in [1.807, 2.05) is 0 Å². The molecule has 0 atom stereocenters. The molecule has 0 aromatic rings. The van der Waals surface area contributed by atoms with E-state index in [-0.39, 0.29) is 28.8 Å². The van der Waals surface area contributed by atoms with Crippen LogP contribution >= 0.6 is 0 Å². The summed E-state index contributed by atoms with van der Waals surface area (Å²) in [7, 11) is 0. The van der Waals surface area contributed by atoms with Crippen LogP contribution in [0.15, 0.2) is 0 Å². The third kappa shape index (κ3) is 103. The van der Waals surface area contributed by atoms with Crippen molar-refractivity contribution in [3.63, 3.8) is 0 Å². The van der Waals surface area contributed by atoms with Gasteiger partial charge in [-0.2, -0.15) is 0 Å². The Balaban J connectivity index is 0. The monoisotopic (exact) mass is 86.0 g/mol. The van der Waals surface area contributed by atoms with Crippen molar-refractivity contribution in [2.45, 2.75) is 0 Å². The Morgan fingerprint density at radius 2 is 0.500 bits per heavy atom. The second-order valence-electron chi connectivity index (χ2n) is 0. The molecule has 0 spiro atoms. The Kier molecular flexibility index (Phi) is 187000. The zero-order chi connectivity index (χ0) is 0. The predicted molar refractivity (Wildman–Crippen MR) is 5.81 cm³/mol. The summed E-state index contributed by atoms with van der Waals surface area (Å²) < 4.78 is 0. The highest BCUT2D eigenvalue weighted by molar-refractivity contribution is 0.826. The first-order chi connectivity index (χ1) is 0. The summed E-state index contributed by atoms with van der Waals surface area (Å²) in [4.78, 5) is 0. The molecule has 0 aliphatic heterocycles. The Labute approximate surface area is 30.0 Å². The molecule has 0 heterocycles. The maximum Gasteiger partial charge on any atom is -0.870 e. The van der Waals surface area contributed by atoms with Gasteiger partial charge in [-0.05, 0) is 0 Å². The molecule has 0 bridgehead atoms. The van der Waals surface area contributed by atoms with Crippen molar-refractivity contribution in [2.75, 3.05) is 0 Å². The highest BCUT2D eigenvalue weighted by Crippen LogP contribution is -0.287. The first-order valence-corrected chi connectivity index (χ1v) is 0. The summed E-state index contributed by atoms with van der Waals surface area (Å²) in [6.07, 6.45) is 0. The van der Waals surface area contributed by atoms with E-state index in [2.05, 4.69) is 0 Å². The fourth-order valence-electron chi connectivity index (χ4n) is 0. The Hall–Kier alpha value is 0.170. The summed E-state index contributed by atoms with van der Waals surface area (Å²) in [5.74, 6) is 0. The van der Waals surface area contributed by atoms with Gasteiger partial charge in [0.1, 0.15) is 0 Å². The van der Waals surface area contributed by atoms with Crippen LogP contribution in [0.1, 0.15) is 0 Å². The lowest BCUT2D eigenvalue weighted by molar-refractivity contribution is -0.00000363. The van der Waals surface area contributed by atoms with Crippen LogP contribution in [0.4, 0.5) is 0 Å². The predicted octanol–water partition coefficient (Wildman–Crippen LogP) is -3.53. The summed E-state index contributed by atoms with van der Waals surface area (Å²) in [5, 5.41) is 0. The van der Waals surface area contributed by atoms with Gasteiger partial charge in [0.25, 0.3) is 0 Å². The molecule has 0 saturated carbocycles. The Bertz CT molecular complexity index is 3.25. The van der Waals surface area contributed by atoms with Gasteiger partial charge in [0.15, 0.2) is 0 Å². The van der Waals surface area contributed by atoms with Crippen molar-refractivity contribution in [3.05, 3.63) is 0 Å². The number of rotatable bonds is 0. The standard InChI is InChI=1S/ClH.3H2O/h1H;3*1H2/p-4. The second kappa shape index (κ2) is 517. The van der Waals surface area contributed by atoms with Crippen LogP contribution in [0.5, 0.6) is 0 Å². The first kappa shape index (κ1) is 1450. The van der Waals surface area contributed by atoms with E-state index in [4.69, 9.17) is 0 Å². The van der Waals surface area contributed by atoms with E-state index < -0.39 is 0 Å². The van der Waals surface area contributed by atoms with Gasteiger partial charge in [-0.1, -0.05) is 0 Å². The largest absolute Gasteiger partial charge is 1.00 e. The van der Waals surface area contributed by atoms with E-state index in [0.29, 0.717) is 0 Å². The summed E-state index contributed by atoms with van der Waals surface area (Å²) in [5.41, 5.74) is 0. The SMILES string of the molecule is [Cl-].[OH-].[OH-].[OH-]. The Morgan fingerprint density at radius 3 is 0.500 bits per heavy atom. The smallest absolute Gasteiger partial charge is 0.870 e. The zero-order valence-electron chi connectivity index (χ0n) is 1.72. The summed E-state index contributed by atoms with van der Waals surface area (Å²) >= 11 is 0. The van der Waals surface area contributed by atoms with E-state index in [9.17, 15) is 0 Å². The summed E-state index contributed by atoms with van der Waals surface area (Å²) in [6, 6.07) is 0. The molecule has 4 heavy (non-hydrogen) atoms. The number of halogens is 1. The average molecular weight is 86.5 g/mol. The molecule has 0 radical (unpaired) electrons. The van der Waals surface area contributed by atoms with E-state index in [0.717, 1.165) is 0 Å². The van der Waals surface area contributed by atoms with Crippen molar-refractivity contribution in [1.29, 1.82) is 0 Å². The molecule has 3 nitrogen and oxygen atoms in total. The second-order valence-corrected chi connectivity index (χ2v) is 0. The lowest BCUT2D eigenvalue weighted by Gasteiger charge is -1.00. The van der Waals surface area contributed by atoms with Crippen LogP contribution in [0, 0.1) is 0 Å². The third-order valence-corrected chi connectivity index (χ3v) is 0. The van der Waals surface area contributed by atoms with E-state index in [1.165, 1.54) is 0 Å². The van der Waals surface area contributed by atoms with Gasteiger partial charge in [0.2, 0.25) is 0 Å². The van der Waals surface area contributed by atoms with Crippen molar-refractivity contribution >= 4 is 0 Å².